The van der Waals surface area contributed by atoms with Gasteiger partial charge in [0.1, 0.15) is 17.2 Å². The predicted molar refractivity (Wildman–Crippen MR) is 145 cm³/mol. The van der Waals surface area contributed by atoms with Crippen LogP contribution >= 0.6 is 0 Å². The fourth-order valence-electron chi connectivity index (χ4n) is 3.48. The van der Waals surface area contributed by atoms with Crippen LogP contribution < -0.4 is 25.0 Å². The first-order valence-electron chi connectivity index (χ1n) is 11.6. The number of carbonyl (C=O) groups is 2. The summed E-state index contributed by atoms with van der Waals surface area (Å²) in [6.07, 6.45) is 2.71. The lowest BCUT2D eigenvalue weighted by Gasteiger charge is -2.26. The summed E-state index contributed by atoms with van der Waals surface area (Å²) in [4.78, 5) is 37.9. The smallest absolute Gasteiger partial charge is 0.247 e. The third kappa shape index (κ3) is 7.05. The van der Waals surface area contributed by atoms with Crippen molar-refractivity contribution < 1.29 is 19.1 Å². The summed E-state index contributed by atoms with van der Waals surface area (Å²) in [5.74, 6) is 0.666. The van der Waals surface area contributed by atoms with Crippen molar-refractivity contribution in [1.29, 1.82) is 0 Å². The zero-order chi connectivity index (χ0) is 26.9. The third-order valence-corrected chi connectivity index (χ3v) is 5.52. The molecule has 0 fully saturated rings. The van der Waals surface area contributed by atoms with Crippen molar-refractivity contribution in [2.75, 3.05) is 64.0 Å². The van der Waals surface area contributed by atoms with Gasteiger partial charge in [-0.25, -0.2) is 9.97 Å². The lowest BCUT2D eigenvalue weighted by atomic mass is 10.1. The topological polar surface area (TPSA) is 109 Å². The highest BCUT2D eigenvalue weighted by Crippen LogP contribution is 2.37. The zero-order valence-corrected chi connectivity index (χ0v) is 21.7. The minimum Gasteiger partial charge on any atom is -0.497 e. The fraction of sp³-hybridized carbons (Fsp3) is 0.259. The number of hydrogen-bond acceptors (Lipinski definition) is 9. The van der Waals surface area contributed by atoms with Crippen molar-refractivity contribution in [1.82, 2.24) is 14.9 Å². The molecular formula is C27H32N6O4. The average molecular weight is 505 g/mol. The Morgan fingerprint density at radius 3 is 2.49 bits per heavy atom. The number of benzene rings is 2. The molecule has 0 atom stereocenters. The van der Waals surface area contributed by atoms with Crippen molar-refractivity contribution in [2.45, 2.75) is 0 Å². The molecule has 0 aliphatic carbocycles. The van der Waals surface area contributed by atoms with E-state index in [0.717, 1.165) is 18.8 Å². The molecule has 0 aliphatic rings. The number of nitrogens with zero attached hydrogens (tertiary/aromatic N) is 4. The number of carbonyl (C=O) groups excluding carboxylic acids is 2. The second-order valence-corrected chi connectivity index (χ2v) is 8.44. The molecule has 0 spiro atoms. The molecule has 1 heterocycles. The van der Waals surface area contributed by atoms with Crippen molar-refractivity contribution in [2.24, 2.45) is 0 Å². The Morgan fingerprint density at radius 2 is 1.81 bits per heavy atom. The van der Waals surface area contributed by atoms with Gasteiger partial charge in [-0.2, -0.15) is 0 Å². The molecule has 0 saturated carbocycles. The van der Waals surface area contributed by atoms with E-state index in [1.54, 1.807) is 50.6 Å². The van der Waals surface area contributed by atoms with Crippen molar-refractivity contribution in [3.63, 3.8) is 0 Å². The van der Waals surface area contributed by atoms with Gasteiger partial charge in [-0.3, -0.25) is 9.59 Å². The molecule has 194 valence electrons. The number of amides is 1. The van der Waals surface area contributed by atoms with Crippen molar-refractivity contribution >= 4 is 34.7 Å². The molecule has 0 bridgehead atoms. The summed E-state index contributed by atoms with van der Waals surface area (Å²) in [7, 11) is 9.02. The van der Waals surface area contributed by atoms with Crippen LogP contribution in [0.3, 0.4) is 0 Å². The standard InChI is InChI=1S/C27H32N6O4/c1-7-25(34)29-21-16-22(24(37-6)17-23(21)33(4)14-13-32(2)3)31-27-28-12-11-20(30-27)26(35)18-9-8-10-19(15-18)36-5/h7-12,15-17H,1,13-14H2,2-6H3,(H,29,34)(H,28,30,31). The predicted octanol–water partition coefficient (Wildman–Crippen LogP) is 3.59. The molecule has 37 heavy (non-hydrogen) atoms. The molecule has 0 unspecified atom stereocenters. The van der Waals surface area contributed by atoms with Crippen LogP contribution in [0.4, 0.5) is 23.0 Å². The lowest BCUT2D eigenvalue weighted by Crippen LogP contribution is -2.29. The van der Waals surface area contributed by atoms with Crippen LogP contribution in [-0.4, -0.2) is 75.0 Å². The lowest BCUT2D eigenvalue weighted by molar-refractivity contribution is -0.111. The van der Waals surface area contributed by atoms with Gasteiger partial charge in [0, 0.05) is 38.0 Å². The Bertz CT molecular complexity index is 1280. The summed E-state index contributed by atoms with van der Waals surface area (Å²) in [5, 5.41) is 5.97. The van der Waals surface area contributed by atoms with E-state index in [9.17, 15) is 9.59 Å². The molecule has 0 saturated heterocycles. The van der Waals surface area contributed by atoms with Crippen LogP contribution in [0, 0.1) is 0 Å². The molecular weight excluding hydrogens is 472 g/mol. The largest absolute Gasteiger partial charge is 0.497 e. The van der Waals surface area contributed by atoms with E-state index in [2.05, 4.69) is 32.1 Å². The fourth-order valence-corrected chi connectivity index (χ4v) is 3.48. The van der Waals surface area contributed by atoms with E-state index in [1.807, 2.05) is 32.1 Å². The van der Waals surface area contributed by atoms with E-state index in [0.29, 0.717) is 28.4 Å². The van der Waals surface area contributed by atoms with Gasteiger partial charge in [-0.05, 0) is 44.4 Å². The molecule has 1 amide bonds. The van der Waals surface area contributed by atoms with Crippen LogP contribution in [-0.2, 0) is 4.79 Å². The second-order valence-electron chi connectivity index (χ2n) is 8.44. The minimum atomic E-state index is -0.347. The van der Waals surface area contributed by atoms with Gasteiger partial charge in [0.05, 0.1) is 31.3 Å². The molecule has 0 radical (unpaired) electrons. The van der Waals surface area contributed by atoms with Gasteiger partial charge >= 0.3 is 0 Å². The Labute approximate surface area is 216 Å². The number of nitrogens with one attached hydrogen (secondary N) is 2. The maximum absolute atomic E-state index is 13.0. The number of aromatic nitrogens is 2. The Kier molecular flexibility index (Phi) is 9.17. The molecule has 2 aromatic carbocycles. The van der Waals surface area contributed by atoms with Crippen LogP contribution in [0.5, 0.6) is 11.5 Å². The number of ketones is 1. The van der Waals surface area contributed by atoms with E-state index >= 15 is 0 Å². The first-order chi connectivity index (χ1) is 17.7. The van der Waals surface area contributed by atoms with Gasteiger partial charge in [0.15, 0.2) is 0 Å². The molecule has 2 N–H and O–H groups in total. The van der Waals surface area contributed by atoms with E-state index in [4.69, 9.17) is 9.47 Å². The number of likely N-dealkylation sites (N-methyl/N-ethyl adjacent to an activating group) is 2. The highest BCUT2D eigenvalue weighted by molar-refractivity contribution is 6.08. The number of methoxy groups -OCH3 is 2. The molecule has 0 aliphatic heterocycles. The first-order valence-corrected chi connectivity index (χ1v) is 11.6. The summed E-state index contributed by atoms with van der Waals surface area (Å²) in [6.45, 7) is 5.08. The minimum absolute atomic E-state index is 0.196. The van der Waals surface area contributed by atoms with Crippen molar-refractivity contribution in [3.05, 3.63) is 72.6 Å². The molecule has 10 nitrogen and oxygen atoms in total. The molecule has 3 rings (SSSR count). The maximum Gasteiger partial charge on any atom is 0.247 e. The Morgan fingerprint density at radius 1 is 1.03 bits per heavy atom. The summed E-state index contributed by atoms with van der Waals surface area (Å²) >= 11 is 0. The molecule has 3 aromatic rings. The van der Waals surface area contributed by atoms with Gasteiger partial charge in [0.2, 0.25) is 17.6 Å². The first kappa shape index (κ1) is 27.2. The highest BCUT2D eigenvalue weighted by Gasteiger charge is 2.18. The Balaban J connectivity index is 1.95. The van der Waals surface area contributed by atoms with Gasteiger partial charge < -0.3 is 29.9 Å². The quantitative estimate of drug-likeness (QED) is 0.282. The van der Waals surface area contributed by atoms with E-state index in [1.165, 1.54) is 12.3 Å². The van der Waals surface area contributed by atoms with Crippen molar-refractivity contribution in [3.8, 4) is 11.5 Å². The SMILES string of the molecule is C=CC(=O)Nc1cc(Nc2nccc(C(=O)c3cccc(OC)c3)n2)c(OC)cc1N(C)CCN(C)C. The molecule has 1 aromatic heterocycles. The second kappa shape index (κ2) is 12.5. The number of anilines is 4. The Hall–Kier alpha value is -4.44. The zero-order valence-electron chi connectivity index (χ0n) is 21.7. The highest BCUT2D eigenvalue weighted by atomic mass is 16.5. The number of ether oxygens (including phenoxy) is 2. The van der Waals surface area contributed by atoms with Crippen LogP contribution in [0.15, 0.2) is 61.3 Å². The average Bonchev–Trinajstić information content (AvgIpc) is 2.91. The number of rotatable bonds is 12. The summed E-state index contributed by atoms with van der Waals surface area (Å²) in [5.41, 5.74) is 2.49. The van der Waals surface area contributed by atoms with Gasteiger partial charge in [-0.1, -0.05) is 18.7 Å². The maximum atomic E-state index is 13.0. The summed E-state index contributed by atoms with van der Waals surface area (Å²) in [6, 6.07) is 12.0. The molecule has 10 heteroatoms. The third-order valence-electron chi connectivity index (χ3n) is 5.52. The van der Waals surface area contributed by atoms with Crippen LogP contribution in [0.1, 0.15) is 16.1 Å². The normalized spacial score (nSPS) is 10.5. The van der Waals surface area contributed by atoms with E-state index in [-0.39, 0.29) is 23.3 Å². The van der Waals surface area contributed by atoms with Gasteiger partial charge in [-0.15, -0.1) is 0 Å². The monoisotopic (exact) mass is 504 g/mol. The van der Waals surface area contributed by atoms with Gasteiger partial charge in [0.25, 0.3) is 0 Å². The number of hydrogen-bond donors (Lipinski definition) is 2. The van der Waals surface area contributed by atoms with E-state index < -0.39 is 0 Å². The van der Waals surface area contributed by atoms with Crippen LogP contribution in [0.25, 0.3) is 0 Å². The van der Waals surface area contributed by atoms with Crippen LogP contribution in [0.2, 0.25) is 0 Å². The summed E-state index contributed by atoms with van der Waals surface area (Å²) < 4.78 is 10.8.